The van der Waals surface area contributed by atoms with Crippen molar-refractivity contribution in [3.8, 4) is 0 Å². The number of rotatable bonds is 6. The molecule has 2 heterocycles. The second kappa shape index (κ2) is 11.7. The summed E-state index contributed by atoms with van der Waals surface area (Å²) < 4.78 is 9.42. The molecule has 0 unspecified atom stereocenters. The molecule has 0 N–H and O–H groups in total. The van der Waals surface area contributed by atoms with Gasteiger partial charge in [-0.05, 0) is 66.7 Å². The van der Waals surface area contributed by atoms with E-state index in [1.807, 2.05) is 11.3 Å². The highest BCUT2D eigenvalue weighted by Gasteiger charge is 2.22. The Morgan fingerprint density at radius 1 is 0.360 bits per heavy atom. The maximum absolute atomic E-state index is 6.87. The summed E-state index contributed by atoms with van der Waals surface area (Å²) in [7, 11) is 0. The van der Waals surface area contributed by atoms with Crippen LogP contribution in [0.2, 0.25) is 0 Å². The Morgan fingerprint density at radius 3 is 1.60 bits per heavy atom. The summed E-state index contributed by atoms with van der Waals surface area (Å²) in [5.74, 6) is 0. The molecule has 0 atom stereocenters. The van der Waals surface area contributed by atoms with Crippen molar-refractivity contribution in [2.24, 2.45) is 0 Å². The van der Waals surface area contributed by atoms with E-state index in [9.17, 15) is 0 Å². The first-order valence-corrected chi connectivity index (χ1v) is 17.7. The van der Waals surface area contributed by atoms with Crippen LogP contribution in [0.4, 0.5) is 34.1 Å². The molecule has 0 saturated carbocycles. The van der Waals surface area contributed by atoms with Crippen molar-refractivity contribution < 1.29 is 4.42 Å². The van der Waals surface area contributed by atoms with Crippen molar-refractivity contribution in [2.75, 3.05) is 9.80 Å². The first kappa shape index (κ1) is 28.6. The maximum atomic E-state index is 6.87. The van der Waals surface area contributed by atoms with Gasteiger partial charge in [0.15, 0.2) is 0 Å². The lowest BCUT2D eigenvalue weighted by Gasteiger charge is -2.27. The zero-order valence-electron chi connectivity index (χ0n) is 27.0. The van der Waals surface area contributed by atoms with Crippen LogP contribution in [0.15, 0.2) is 186 Å². The number of furan rings is 1. The minimum absolute atomic E-state index is 0.857. The highest BCUT2D eigenvalue weighted by atomic mass is 32.1. The molecule has 0 radical (unpaired) electrons. The van der Waals surface area contributed by atoms with E-state index in [0.717, 1.165) is 66.8 Å². The molecule has 10 rings (SSSR count). The van der Waals surface area contributed by atoms with E-state index in [1.165, 1.54) is 20.2 Å². The summed E-state index contributed by atoms with van der Waals surface area (Å²) in [5, 5.41) is 6.96. The van der Waals surface area contributed by atoms with Crippen LogP contribution in [-0.2, 0) is 0 Å². The average molecular weight is 659 g/mol. The van der Waals surface area contributed by atoms with Crippen molar-refractivity contribution in [3.63, 3.8) is 0 Å². The Labute approximate surface area is 293 Å². The zero-order chi connectivity index (χ0) is 33.0. The van der Waals surface area contributed by atoms with Crippen molar-refractivity contribution in [1.82, 2.24) is 0 Å². The highest BCUT2D eigenvalue weighted by molar-refractivity contribution is 7.26. The number of benzene rings is 8. The minimum atomic E-state index is 0.857. The van der Waals surface area contributed by atoms with Gasteiger partial charge in [0.25, 0.3) is 0 Å². The van der Waals surface area contributed by atoms with Crippen LogP contribution in [0, 0.1) is 0 Å². The van der Waals surface area contributed by atoms with Gasteiger partial charge in [-0.2, -0.15) is 0 Å². The summed E-state index contributed by atoms with van der Waals surface area (Å²) in [6.45, 7) is 0. The van der Waals surface area contributed by atoms with Gasteiger partial charge in [-0.1, -0.05) is 109 Å². The number of hydrogen-bond acceptors (Lipinski definition) is 4. The first-order chi connectivity index (χ1) is 24.8. The summed E-state index contributed by atoms with van der Waals surface area (Å²) >= 11 is 1.85. The van der Waals surface area contributed by atoms with E-state index >= 15 is 0 Å². The molecule has 4 heteroatoms. The molecule has 50 heavy (non-hydrogen) atoms. The third-order valence-corrected chi connectivity index (χ3v) is 10.8. The lowest BCUT2D eigenvalue weighted by atomic mass is 10.0. The van der Waals surface area contributed by atoms with E-state index in [-0.39, 0.29) is 0 Å². The number of para-hydroxylation sites is 3. The van der Waals surface area contributed by atoms with Gasteiger partial charge in [-0.3, -0.25) is 0 Å². The highest BCUT2D eigenvalue weighted by Crippen LogP contribution is 2.47. The maximum Gasteiger partial charge on any atom is 0.143 e. The van der Waals surface area contributed by atoms with E-state index < -0.39 is 0 Å². The van der Waals surface area contributed by atoms with Crippen molar-refractivity contribution in [2.45, 2.75) is 0 Å². The first-order valence-electron chi connectivity index (χ1n) is 16.9. The SMILES string of the molecule is c1ccc(N(c2ccccc2)c2cc3c4ccc(N(c5ccccc5)c5cccc6c5sc5ccccc56)cc4oc3c3ccccc23)cc1. The van der Waals surface area contributed by atoms with Gasteiger partial charge in [-0.25, -0.2) is 0 Å². The topological polar surface area (TPSA) is 19.6 Å². The fourth-order valence-electron chi connectivity index (χ4n) is 7.39. The number of nitrogens with zero attached hydrogens (tertiary/aromatic N) is 2. The number of thiophene rings is 1. The monoisotopic (exact) mass is 658 g/mol. The molecule has 0 fully saturated rings. The van der Waals surface area contributed by atoms with Gasteiger partial charge in [0, 0.05) is 65.8 Å². The lowest BCUT2D eigenvalue weighted by molar-refractivity contribution is 0.672. The van der Waals surface area contributed by atoms with Crippen molar-refractivity contribution >= 4 is 98.3 Å². The van der Waals surface area contributed by atoms with Gasteiger partial charge in [-0.15, -0.1) is 11.3 Å². The van der Waals surface area contributed by atoms with Crippen LogP contribution < -0.4 is 9.80 Å². The van der Waals surface area contributed by atoms with Gasteiger partial charge >= 0.3 is 0 Å². The number of fused-ring (bicyclic) bond motifs is 8. The Morgan fingerprint density at radius 2 is 0.920 bits per heavy atom. The molecular formula is C46H30N2OS. The van der Waals surface area contributed by atoms with Gasteiger partial charge in [0.1, 0.15) is 11.2 Å². The molecule has 236 valence electrons. The van der Waals surface area contributed by atoms with Crippen LogP contribution in [0.3, 0.4) is 0 Å². The molecule has 0 aliphatic rings. The van der Waals surface area contributed by atoms with Crippen molar-refractivity contribution in [3.05, 3.63) is 182 Å². The normalized spacial score (nSPS) is 11.6. The van der Waals surface area contributed by atoms with Crippen LogP contribution in [0.5, 0.6) is 0 Å². The number of hydrogen-bond donors (Lipinski definition) is 0. The fourth-order valence-corrected chi connectivity index (χ4v) is 8.59. The summed E-state index contributed by atoms with van der Waals surface area (Å²) in [6, 6.07) is 64.7. The molecule has 2 aromatic heterocycles. The van der Waals surface area contributed by atoms with Gasteiger partial charge < -0.3 is 14.2 Å². The Hall–Kier alpha value is -6.36. The molecule has 8 aromatic carbocycles. The summed E-state index contributed by atoms with van der Waals surface area (Å²) in [4.78, 5) is 4.71. The fraction of sp³-hybridized carbons (Fsp3) is 0. The largest absolute Gasteiger partial charge is 0.455 e. The summed E-state index contributed by atoms with van der Waals surface area (Å²) in [5.41, 5.74) is 8.37. The lowest BCUT2D eigenvalue weighted by Crippen LogP contribution is -2.10. The second-order valence-corrected chi connectivity index (χ2v) is 13.6. The zero-order valence-corrected chi connectivity index (χ0v) is 27.8. The Balaban J connectivity index is 1.21. The molecule has 0 bridgehead atoms. The Bertz CT molecular complexity index is 2780. The molecule has 10 aromatic rings. The molecule has 0 aliphatic carbocycles. The van der Waals surface area contributed by atoms with Crippen LogP contribution in [-0.4, -0.2) is 0 Å². The van der Waals surface area contributed by atoms with E-state index in [1.54, 1.807) is 0 Å². The molecule has 0 amide bonds. The standard InChI is InChI=1S/C46H30N2OS/c1-4-15-31(16-5-1)47(32-17-6-2-7-18-32)42-30-40-36-28-27-34(29-43(36)49-45(40)38-23-11-10-21-35(38)42)48(33-19-8-3-9-20-33)41-25-14-24-39-37-22-12-13-26-44(37)50-46(39)41/h1-30H. The van der Waals surface area contributed by atoms with Crippen LogP contribution in [0.25, 0.3) is 52.9 Å². The molecule has 0 spiro atoms. The van der Waals surface area contributed by atoms with Crippen LogP contribution >= 0.6 is 11.3 Å². The average Bonchev–Trinajstić information content (AvgIpc) is 3.75. The third-order valence-electron chi connectivity index (χ3n) is 9.61. The predicted molar refractivity (Wildman–Crippen MR) is 213 cm³/mol. The minimum Gasteiger partial charge on any atom is -0.455 e. The Kier molecular flexibility index (Phi) is 6.68. The van der Waals surface area contributed by atoms with E-state index in [0.29, 0.717) is 0 Å². The molecule has 0 aliphatic heterocycles. The molecular weight excluding hydrogens is 629 g/mol. The number of anilines is 6. The second-order valence-electron chi connectivity index (χ2n) is 12.5. The summed E-state index contributed by atoms with van der Waals surface area (Å²) in [6.07, 6.45) is 0. The van der Waals surface area contributed by atoms with Gasteiger partial charge in [0.2, 0.25) is 0 Å². The molecule has 0 saturated heterocycles. The predicted octanol–water partition coefficient (Wildman–Crippen LogP) is 14.0. The molecule has 3 nitrogen and oxygen atoms in total. The smallest absolute Gasteiger partial charge is 0.143 e. The van der Waals surface area contributed by atoms with Crippen LogP contribution in [0.1, 0.15) is 0 Å². The third kappa shape index (κ3) is 4.57. The van der Waals surface area contributed by atoms with Gasteiger partial charge in [0.05, 0.1) is 16.1 Å². The quantitative estimate of drug-likeness (QED) is 0.177. The van der Waals surface area contributed by atoms with E-state index in [4.69, 9.17) is 4.42 Å². The van der Waals surface area contributed by atoms with Crippen molar-refractivity contribution in [1.29, 1.82) is 0 Å². The van der Waals surface area contributed by atoms with E-state index in [2.05, 4.69) is 192 Å².